The Kier molecular flexibility index (Phi) is 7.08. The van der Waals surface area contributed by atoms with Crippen molar-refractivity contribution in [2.75, 3.05) is 20.2 Å². The fraction of sp³-hybridized carbons (Fsp3) is 0.350. The van der Waals surface area contributed by atoms with Crippen molar-refractivity contribution in [2.45, 2.75) is 31.7 Å². The molecule has 3 aromatic rings. The first kappa shape index (κ1) is 22.9. The maximum absolute atomic E-state index is 12.6. The summed E-state index contributed by atoms with van der Waals surface area (Å²) in [4.78, 5) is 30.9. The minimum atomic E-state index is -3.68. The van der Waals surface area contributed by atoms with E-state index in [0.717, 1.165) is 10.4 Å². The van der Waals surface area contributed by atoms with Gasteiger partial charge in [-0.15, -0.1) is 11.3 Å². The van der Waals surface area contributed by atoms with Crippen molar-refractivity contribution >= 4 is 37.5 Å². The van der Waals surface area contributed by atoms with Crippen LogP contribution in [0.3, 0.4) is 0 Å². The largest absolute Gasteiger partial charge is 0.497 e. The lowest BCUT2D eigenvalue weighted by molar-refractivity contribution is -0.121. The molecule has 166 valence electrons. The van der Waals surface area contributed by atoms with Crippen LogP contribution in [0.25, 0.3) is 10.2 Å². The van der Waals surface area contributed by atoms with E-state index in [1.807, 2.05) is 13.8 Å². The summed E-state index contributed by atoms with van der Waals surface area (Å²) in [5.41, 5.74) is 0.757. The molecule has 11 heteroatoms. The SMILES string of the molecule is COc1ccc(S(=O)(=O)NCCNC(=O)CCn2cnc3sc(C)c(C)c3c2=O)cc1. The Bertz CT molecular complexity index is 1250. The second kappa shape index (κ2) is 9.58. The quantitative estimate of drug-likeness (QED) is 0.464. The maximum atomic E-state index is 12.6. The lowest BCUT2D eigenvalue weighted by Crippen LogP contribution is -2.35. The van der Waals surface area contributed by atoms with E-state index in [2.05, 4.69) is 15.0 Å². The van der Waals surface area contributed by atoms with Crippen molar-refractivity contribution in [3.8, 4) is 5.75 Å². The van der Waals surface area contributed by atoms with E-state index in [0.29, 0.717) is 16.0 Å². The van der Waals surface area contributed by atoms with Crippen LogP contribution in [0.5, 0.6) is 5.75 Å². The van der Waals surface area contributed by atoms with Gasteiger partial charge >= 0.3 is 0 Å². The summed E-state index contributed by atoms with van der Waals surface area (Å²) in [5.74, 6) is 0.276. The van der Waals surface area contributed by atoms with Gasteiger partial charge in [-0.1, -0.05) is 0 Å². The number of sulfonamides is 1. The Balaban J connectivity index is 1.48. The first-order chi connectivity index (χ1) is 14.7. The second-order valence-electron chi connectivity index (χ2n) is 6.88. The Morgan fingerprint density at radius 3 is 2.58 bits per heavy atom. The average molecular weight is 465 g/mol. The molecule has 0 aliphatic carbocycles. The van der Waals surface area contributed by atoms with E-state index in [-0.39, 0.29) is 42.4 Å². The van der Waals surface area contributed by atoms with Crippen LogP contribution in [-0.4, -0.2) is 44.1 Å². The van der Waals surface area contributed by atoms with Gasteiger partial charge in [-0.25, -0.2) is 18.1 Å². The van der Waals surface area contributed by atoms with E-state index in [9.17, 15) is 18.0 Å². The molecule has 0 spiro atoms. The van der Waals surface area contributed by atoms with Crippen molar-refractivity contribution in [3.05, 3.63) is 51.4 Å². The van der Waals surface area contributed by atoms with Gasteiger partial charge in [0.15, 0.2) is 0 Å². The van der Waals surface area contributed by atoms with Gasteiger partial charge in [0.25, 0.3) is 5.56 Å². The van der Waals surface area contributed by atoms with Gasteiger partial charge in [-0.05, 0) is 43.7 Å². The molecule has 2 heterocycles. The topological polar surface area (TPSA) is 119 Å². The number of nitrogens with one attached hydrogen (secondary N) is 2. The number of benzene rings is 1. The van der Waals surface area contributed by atoms with Crippen molar-refractivity contribution < 1.29 is 17.9 Å². The molecule has 0 aliphatic heterocycles. The molecule has 2 aromatic heterocycles. The molecular weight excluding hydrogens is 440 g/mol. The number of rotatable bonds is 9. The van der Waals surface area contributed by atoms with Crippen molar-refractivity contribution in [2.24, 2.45) is 0 Å². The third-order valence-corrected chi connectivity index (χ3v) is 7.44. The average Bonchev–Trinajstić information content (AvgIpc) is 3.05. The number of fused-ring (bicyclic) bond motifs is 1. The molecule has 0 atom stereocenters. The zero-order valence-electron chi connectivity index (χ0n) is 17.5. The van der Waals surface area contributed by atoms with E-state index < -0.39 is 10.0 Å². The normalized spacial score (nSPS) is 11.6. The second-order valence-corrected chi connectivity index (χ2v) is 9.85. The predicted octanol–water partition coefficient (Wildman–Crippen LogP) is 1.57. The molecule has 1 amide bonds. The summed E-state index contributed by atoms with van der Waals surface area (Å²) in [5, 5.41) is 3.24. The molecule has 0 saturated carbocycles. The number of aromatic nitrogens is 2. The number of methoxy groups -OCH3 is 1. The molecule has 0 radical (unpaired) electrons. The molecule has 0 fully saturated rings. The van der Waals surface area contributed by atoms with Crippen LogP contribution in [0, 0.1) is 13.8 Å². The third kappa shape index (κ3) is 5.30. The minimum absolute atomic E-state index is 0.0426. The summed E-state index contributed by atoms with van der Waals surface area (Å²) < 4.78 is 33.4. The summed E-state index contributed by atoms with van der Waals surface area (Å²) in [6.45, 7) is 4.20. The lowest BCUT2D eigenvalue weighted by atomic mass is 10.2. The Morgan fingerprint density at radius 1 is 1.19 bits per heavy atom. The standard InChI is InChI=1S/C20H24N4O5S2/c1-13-14(2)30-19-18(13)20(26)24(12-22-19)11-8-17(25)21-9-10-23-31(27,28)16-6-4-15(29-3)5-7-16/h4-7,12,23H,8-11H2,1-3H3,(H,21,25). The molecule has 31 heavy (non-hydrogen) atoms. The molecular formula is C20H24N4O5S2. The van der Waals surface area contributed by atoms with Gasteiger partial charge in [0.2, 0.25) is 15.9 Å². The van der Waals surface area contributed by atoms with Crippen LogP contribution >= 0.6 is 11.3 Å². The molecule has 2 N–H and O–H groups in total. The minimum Gasteiger partial charge on any atom is -0.497 e. The molecule has 0 saturated heterocycles. The predicted molar refractivity (Wildman–Crippen MR) is 119 cm³/mol. The highest BCUT2D eigenvalue weighted by atomic mass is 32.2. The van der Waals surface area contributed by atoms with Gasteiger partial charge < -0.3 is 10.1 Å². The summed E-state index contributed by atoms with van der Waals surface area (Å²) in [6, 6.07) is 6.00. The van der Waals surface area contributed by atoms with E-state index in [1.54, 1.807) is 12.1 Å². The van der Waals surface area contributed by atoms with Gasteiger partial charge in [0.05, 0.1) is 23.7 Å². The molecule has 9 nitrogen and oxygen atoms in total. The third-order valence-electron chi connectivity index (χ3n) is 4.84. The zero-order chi connectivity index (χ0) is 22.6. The lowest BCUT2D eigenvalue weighted by Gasteiger charge is -2.09. The first-order valence-corrected chi connectivity index (χ1v) is 11.9. The van der Waals surface area contributed by atoms with Crippen LogP contribution < -0.4 is 20.3 Å². The van der Waals surface area contributed by atoms with Crippen molar-refractivity contribution in [1.82, 2.24) is 19.6 Å². The number of aryl methyl sites for hydroxylation is 3. The van der Waals surface area contributed by atoms with Gasteiger partial charge in [0, 0.05) is 30.9 Å². The Morgan fingerprint density at radius 2 is 1.90 bits per heavy atom. The van der Waals surface area contributed by atoms with Crippen LogP contribution in [0.4, 0.5) is 0 Å². The van der Waals surface area contributed by atoms with Crippen molar-refractivity contribution in [1.29, 1.82) is 0 Å². The number of thiophene rings is 1. The number of carbonyl (C=O) groups is 1. The van der Waals surface area contributed by atoms with Crippen LogP contribution in [0.2, 0.25) is 0 Å². The molecule has 3 rings (SSSR count). The highest BCUT2D eigenvalue weighted by molar-refractivity contribution is 7.89. The number of hydrogen-bond donors (Lipinski definition) is 2. The molecule has 0 bridgehead atoms. The summed E-state index contributed by atoms with van der Waals surface area (Å²) >= 11 is 1.48. The number of amides is 1. The van der Waals surface area contributed by atoms with Gasteiger partial charge in [-0.2, -0.15) is 0 Å². The van der Waals surface area contributed by atoms with Crippen LogP contribution in [-0.2, 0) is 21.4 Å². The van der Waals surface area contributed by atoms with Crippen molar-refractivity contribution in [3.63, 3.8) is 0 Å². The Hall–Kier alpha value is -2.76. The fourth-order valence-electron chi connectivity index (χ4n) is 2.97. The van der Waals surface area contributed by atoms with E-state index in [1.165, 1.54) is 41.5 Å². The Labute approximate surface area is 184 Å². The first-order valence-electron chi connectivity index (χ1n) is 9.58. The number of nitrogens with zero attached hydrogens (tertiary/aromatic N) is 2. The zero-order valence-corrected chi connectivity index (χ0v) is 19.1. The maximum Gasteiger partial charge on any atom is 0.262 e. The summed E-state index contributed by atoms with van der Waals surface area (Å²) in [7, 11) is -2.18. The smallest absolute Gasteiger partial charge is 0.262 e. The summed E-state index contributed by atoms with van der Waals surface area (Å²) in [6.07, 6.45) is 1.54. The van der Waals surface area contributed by atoms with Crippen LogP contribution in [0.1, 0.15) is 16.9 Å². The molecule has 1 aromatic carbocycles. The number of carbonyl (C=O) groups excluding carboxylic acids is 1. The number of ether oxygens (including phenoxy) is 1. The fourth-order valence-corrected chi connectivity index (χ4v) is 4.98. The van der Waals surface area contributed by atoms with E-state index in [4.69, 9.17) is 4.74 Å². The number of hydrogen-bond acceptors (Lipinski definition) is 7. The van der Waals surface area contributed by atoms with Gasteiger partial charge in [0.1, 0.15) is 10.6 Å². The molecule has 0 unspecified atom stereocenters. The highest BCUT2D eigenvalue weighted by Crippen LogP contribution is 2.25. The highest BCUT2D eigenvalue weighted by Gasteiger charge is 2.14. The monoisotopic (exact) mass is 464 g/mol. The van der Waals surface area contributed by atoms with E-state index >= 15 is 0 Å². The molecule has 0 aliphatic rings. The van der Waals surface area contributed by atoms with Crippen LogP contribution in [0.15, 0.2) is 40.3 Å². The van der Waals surface area contributed by atoms with Gasteiger partial charge in [-0.3, -0.25) is 14.2 Å².